The van der Waals surface area contributed by atoms with Crippen LogP contribution in [-0.4, -0.2) is 49.1 Å². The van der Waals surface area contributed by atoms with Crippen molar-refractivity contribution in [1.82, 2.24) is 15.1 Å². The fourth-order valence-electron chi connectivity index (χ4n) is 3.07. The Kier molecular flexibility index (Phi) is 5.94. The van der Waals surface area contributed by atoms with Gasteiger partial charge in [-0.15, -0.1) is 11.3 Å². The molecule has 0 unspecified atom stereocenters. The molecule has 2 amide bonds. The number of methoxy groups -OCH3 is 1. The molecule has 1 N–H and O–H groups in total. The van der Waals surface area contributed by atoms with Gasteiger partial charge in [0.25, 0.3) is 0 Å². The van der Waals surface area contributed by atoms with Gasteiger partial charge in [-0.05, 0) is 24.4 Å². The first-order valence-corrected chi connectivity index (χ1v) is 9.48. The third kappa shape index (κ3) is 4.52. The Morgan fingerprint density at radius 3 is 2.64 bits per heavy atom. The van der Waals surface area contributed by atoms with E-state index in [1.54, 1.807) is 18.4 Å². The highest BCUT2D eigenvalue weighted by Crippen LogP contribution is 2.21. The number of amides is 2. The minimum atomic E-state index is 0.0258. The number of nitrogens with zero attached hydrogens (tertiary/aromatic N) is 2. The van der Waals surface area contributed by atoms with E-state index in [0.717, 1.165) is 38.5 Å². The second-order valence-corrected chi connectivity index (χ2v) is 7.24. The number of para-hydroxylation sites is 1. The van der Waals surface area contributed by atoms with Gasteiger partial charge in [0.1, 0.15) is 5.75 Å². The van der Waals surface area contributed by atoms with E-state index in [0.29, 0.717) is 0 Å². The molecule has 6 heteroatoms. The van der Waals surface area contributed by atoms with Crippen molar-refractivity contribution in [1.29, 1.82) is 0 Å². The molecule has 0 spiro atoms. The fourth-order valence-corrected chi connectivity index (χ4v) is 3.80. The molecule has 25 heavy (non-hydrogen) atoms. The summed E-state index contributed by atoms with van der Waals surface area (Å²) in [5.74, 6) is 0.924. The predicted molar refractivity (Wildman–Crippen MR) is 101 cm³/mol. The average molecular weight is 359 g/mol. The molecule has 5 nitrogen and oxygen atoms in total. The molecular weight excluding hydrogens is 334 g/mol. The zero-order chi connectivity index (χ0) is 17.6. The van der Waals surface area contributed by atoms with Crippen LogP contribution in [0.5, 0.6) is 5.75 Å². The quantitative estimate of drug-likeness (QED) is 0.890. The minimum Gasteiger partial charge on any atom is -0.496 e. The van der Waals surface area contributed by atoms with E-state index >= 15 is 0 Å². The van der Waals surface area contributed by atoms with Crippen LogP contribution < -0.4 is 10.1 Å². The first-order valence-electron chi connectivity index (χ1n) is 8.60. The van der Waals surface area contributed by atoms with Crippen molar-refractivity contribution in [3.63, 3.8) is 0 Å². The Morgan fingerprint density at radius 2 is 1.96 bits per heavy atom. The van der Waals surface area contributed by atoms with Crippen LogP contribution in [0.2, 0.25) is 0 Å². The molecule has 0 radical (unpaired) electrons. The first-order chi connectivity index (χ1) is 12.2. The van der Waals surface area contributed by atoms with E-state index < -0.39 is 0 Å². The number of nitrogens with one attached hydrogen (secondary N) is 1. The van der Waals surface area contributed by atoms with Crippen LogP contribution in [0.15, 0.2) is 41.8 Å². The molecule has 1 aromatic carbocycles. The van der Waals surface area contributed by atoms with Gasteiger partial charge in [-0.3, -0.25) is 4.90 Å². The summed E-state index contributed by atoms with van der Waals surface area (Å²) in [6.07, 6.45) is 0. The number of ether oxygens (including phenoxy) is 1. The third-order valence-corrected chi connectivity index (χ3v) is 5.61. The second-order valence-electron chi connectivity index (χ2n) is 6.26. The van der Waals surface area contributed by atoms with Gasteiger partial charge in [0.15, 0.2) is 0 Å². The summed E-state index contributed by atoms with van der Waals surface area (Å²) in [5, 5.41) is 5.13. The summed E-state index contributed by atoms with van der Waals surface area (Å²) < 4.78 is 5.43. The number of rotatable bonds is 5. The molecule has 1 saturated heterocycles. The summed E-state index contributed by atoms with van der Waals surface area (Å²) in [5.41, 5.74) is 1.19. The van der Waals surface area contributed by atoms with Gasteiger partial charge in [0.05, 0.1) is 13.2 Å². The lowest BCUT2D eigenvalue weighted by Crippen LogP contribution is -2.51. The van der Waals surface area contributed by atoms with Gasteiger partial charge in [-0.25, -0.2) is 4.79 Å². The number of hydrogen-bond donors (Lipinski definition) is 1. The Bertz CT molecular complexity index is 682. The lowest BCUT2D eigenvalue weighted by Gasteiger charge is -2.35. The highest BCUT2D eigenvalue weighted by Gasteiger charge is 2.23. The van der Waals surface area contributed by atoms with E-state index in [9.17, 15) is 4.79 Å². The van der Waals surface area contributed by atoms with Crippen molar-refractivity contribution in [3.8, 4) is 5.75 Å². The SMILES string of the molecule is COc1ccccc1CN1CCN(C(=O)N[C@@H](C)c2cccs2)CC1. The summed E-state index contributed by atoms with van der Waals surface area (Å²) in [7, 11) is 1.70. The van der Waals surface area contributed by atoms with Crippen LogP contribution in [0.3, 0.4) is 0 Å². The molecule has 3 rings (SSSR count). The molecule has 0 bridgehead atoms. The lowest BCUT2D eigenvalue weighted by molar-refractivity contribution is 0.133. The monoisotopic (exact) mass is 359 g/mol. The number of urea groups is 1. The summed E-state index contributed by atoms with van der Waals surface area (Å²) in [6.45, 7) is 6.13. The topological polar surface area (TPSA) is 44.8 Å². The first kappa shape index (κ1) is 17.8. The molecule has 0 saturated carbocycles. The standard InChI is InChI=1S/C19H25N3O2S/c1-15(18-8-5-13-25-18)20-19(23)22-11-9-21(10-12-22)14-16-6-3-4-7-17(16)24-2/h3-8,13,15H,9-12,14H2,1-2H3,(H,20,23)/t15-/m0/s1. The highest BCUT2D eigenvalue weighted by molar-refractivity contribution is 7.10. The largest absolute Gasteiger partial charge is 0.496 e. The third-order valence-electron chi connectivity index (χ3n) is 4.56. The maximum Gasteiger partial charge on any atom is 0.317 e. The summed E-state index contributed by atoms with van der Waals surface area (Å²) >= 11 is 1.67. The zero-order valence-corrected chi connectivity index (χ0v) is 15.6. The maximum atomic E-state index is 12.5. The van der Waals surface area contributed by atoms with Crippen LogP contribution in [0.25, 0.3) is 0 Å². The van der Waals surface area contributed by atoms with E-state index in [-0.39, 0.29) is 12.1 Å². The minimum absolute atomic E-state index is 0.0258. The molecule has 1 fully saturated rings. The summed E-state index contributed by atoms with van der Waals surface area (Å²) in [6, 6.07) is 12.3. The van der Waals surface area contributed by atoms with Gasteiger partial charge in [-0.1, -0.05) is 24.3 Å². The number of benzene rings is 1. The molecule has 2 heterocycles. The zero-order valence-electron chi connectivity index (χ0n) is 14.8. The molecule has 0 aliphatic carbocycles. The molecule has 1 aromatic heterocycles. The Morgan fingerprint density at radius 1 is 1.20 bits per heavy atom. The van der Waals surface area contributed by atoms with Crippen LogP contribution in [-0.2, 0) is 6.54 Å². The fraction of sp³-hybridized carbons (Fsp3) is 0.421. The summed E-state index contributed by atoms with van der Waals surface area (Å²) in [4.78, 5) is 17.9. The maximum absolute atomic E-state index is 12.5. The number of hydrogen-bond acceptors (Lipinski definition) is 4. The second kappa shape index (κ2) is 8.36. The van der Waals surface area contributed by atoms with E-state index in [2.05, 4.69) is 22.3 Å². The van der Waals surface area contributed by atoms with E-state index in [4.69, 9.17) is 4.74 Å². The molecule has 2 aromatic rings. The molecule has 1 atom stereocenters. The van der Waals surface area contributed by atoms with Crippen molar-refractivity contribution < 1.29 is 9.53 Å². The van der Waals surface area contributed by atoms with Gasteiger partial charge >= 0.3 is 6.03 Å². The number of thiophene rings is 1. The molecule has 134 valence electrons. The predicted octanol–water partition coefficient (Wildman–Crippen LogP) is 3.35. The Balaban J connectivity index is 1.49. The van der Waals surface area contributed by atoms with Gasteiger partial charge < -0.3 is 15.0 Å². The van der Waals surface area contributed by atoms with Crippen LogP contribution in [0, 0.1) is 0 Å². The Hall–Kier alpha value is -2.05. The average Bonchev–Trinajstić information content (AvgIpc) is 3.17. The molecular formula is C19H25N3O2S. The van der Waals surface area contributed by atoms with Crippen molar-refractivity contribution in [2.24, 2.45) is 0 Å². The smallest absolute Gasteiger partial charge is 0.317 e. The number of carbonyl (C=O) groups excluding carboxylic acids is 1. The molecule has 1 aliphatic rings. The normalized spacial score (nSPS) is 16.5. The number of piperazine rings is 1. The van der Waals surface area contributed by atoms with E-state index in [1.165, 1.54) is 10.4 Å². The van der Waals surface area contributed by atoms with Crippen LogP contribution >= 0.6 is 11.3 Å². The van der Waals surface area contributed by atoms with Crippen molar-refractivity contribution in [3.05, 3.63) is 52.2 Å². The van der Waals surface area contributed by atoms with Crippen molar-refractivity contribution >= 4 is 17.4 Å². The van der Waals surface area contributed by atoms with Crippen molar-refractivity contribution in [2.75, 3.05) is 33.3 Å². The highest BCUT2D eigenvalue weighted by atomic mass is 32.1. The number of carbonyl (C=O) groups is 1. The van der Waals surface area contributed by atoms with Crippen LogP contribution in [0.1, 0.15) is 23.4 Å². The van der Waals surface area contributed by atoms with Gasteiger partial charge in [-0.2, -0.15) is 0 Å². The van der Waals surface area contributed by atoms with Crippen LogP contribution in [0.4, 0.5) is 4.79 Å². The van der Waals surface area contributed by atoms with Gasteiger partial charge in [0.2, 0.25) is 0 Å². The molecule has 1 aliphatic heterocycles. The van der Waals surface area contributed by atoms with Gasteiger partial charge in [0, 0.05) is 43.2 Å². The van der Waals surface area contributed by atoms with E-state index in [1.807, 2.05) is 41.5 Å². The Labute approximate surface area is 153 Å². The lowest BCUT2D eigenvalue weighted by atomic mass is 10.1. The van der Waals surface area contributed by atoms with Crippen molar-refractivity contribution in [2.45, 2.75) is 19.5 Å².